The molecule has 1 atom stereocenters. The first-order valence-electron chi connectivity index (χ1n) is 8.25. The second kappa shape index (κ2) is 8.22. The van der Waals surface area contributed by atoms with Gasteiger partial charge in [0.2, 0.25) is 0 Å². The molecule has 1 amide bonds. The lowest BCUT2D eigenvalue weighted by Crippen LogP contribution is -2.38. The lowest BCUT2D eigenvalue weighted by Gasteiger charge is -2.27. The van der Waals surface area contributed by atoms with Crippen LogP contribution >= 0.6 is 11.3 Å². The largest absolute Gasteiger partial charge is 0.481 e. The number of hydrogen-bond acceptors (Lipinski definition) is 5. The molecule has 0 bridgehead atoms. The number of nitrogens with zero attached hydrogens (tertiary/aromatic N) is 1. The molecule has 1 aliphatic rings. The Labute approximate surface area is 149 Å². The summed E-state index contributed by atoms with van der Waals surface area (Å²) in [6.45, 7) is 1.28. The van der Waals surface area contributed by atoms with Crippen LogP contribution in [0.4, 0.5) is 0 Å². The van der Waals surface area contributed by atoms with Gasteiger partial charge in [-0.1, -0.05) is 30.3 Å². The molecule has 1 aliphatic heterocycles. The summed E-state index contributed by atoms with van der Waals surface area (Å²) in [6.07, 6.45) is 2.96. The van der Waals surface area contributed by atoms with E-state index in [-0.39, 0.29) is 18.4 Å². The summed E-state index contributed by atoms with van der Waals surface area (Å²) >= 11 is 1.30. The van der Waals surface area contributed by atoms with Gasteiger partial charge >= 0.3 is 5.97 Å². The van der Waals surface area contributed by atoms with Crippen LogP contribution < -0.4 is 5.32 Å². The molecule has 2 N–H and O–H groups in total. The van der Waals surface area contributed by atoms with Crippen molar-refractivity contribution in [2.45, 2.75) is 12.8 Å². The van der Waals surface area contributed by atoms with Crippen LogP contribution in [0, 0.1) is 11.8 Å². The molecule has 0 aliphatic carbocycles. The molecule has 3 rings (SSSR count). The standard InChI is InChI=1S/C18H20N2O4S/c21-16(15-11-20-17(25-15)13-4-2-1-3-5-13)19-10-14(18(22)23)12-6-8-24-9-7-12/h1-5,11-12,14H,6-10H2,(H,19,21)(H,22,23). The summed E-state index contributed by atoms with van der Waals surface area (Å²) < 4.78 is 5.28. The molecule has 1 aromatic heterocycles. The monoisotopic (exact) mass is 360 g/mol. The van der Waals surface area contributed by atoms with Gasteiger partial charge in [0.25, 0.3) is 5.91 Å². The maximum Gasteiger partial charge on any atom is 0.308 e. The number of benzene rings is 1. The van der Waals surface area contributed by atoms with E-state index >= 15 is 0 Å². The van der Waals surface area contributed by atoms with E-state index in [0.29, 0.717) is 30.9 Å². The fraction of sp³-hybridized carbons (Fsp3) is 0.389. The second-order valence-electron chi connectivity index (χ2n) is 6.00. The zero-order valence-corrected chi connectivity index (χ0v) is 14.5. The van der Waals surface area contributed by atoms with Crippen molar-refractivity contribution in [3.8, 4) is 10.6 Å². The van der Waals surface area contributed by atoms with E-state index in [4.69, 9.17) is 4.74 Å². The van der Waals surface area contributed by atoms with Crippen LogP contribution in [0.1, 0.15) is 22.5 Å². The van der Waals surface area contributed by atoms with E-state index in [2.05, 4.69) is 10.3 Å². The van der Waals surface area contributed by atoms with E-state index in [0.717, 1.165) is 10.6 Å². The van der Waals surface area contributed by atoms with Crippen LogP contribution in [-0.2, 0) is 9.53 Å². The van der Waals surface area contributed by atoms with Crippen molar-refractivity contribution < 1.29 is 19.4 Å². The first-order chi connectivity index (χ1) is 12.1. The highest BCUT2D eigenvalue weighted by Gasteiger charge is 2.30. The highest BCUT2D eigenvalue weighted by Crippen LogP contribution is 2.26. The summed E-state index contributed by atoms with van der Waals surface area (Å²) in [5.74, 6) is -1.71. The molecule has 1 saturated heterocycles. The predicted octanol–water partition coefficient (Wildman–Crippen LogP) is 2.67. The lowest BCUT2D eigenvalue weighted by molar-refractivity contribution is -0.144. The van der Waals surface area contributed by atoms with Gasteiger partial charge in [-0.25, -0.2) is 4.98 Å². The van der Waals surface area contributed by atoms with Gasteiger partial charge in [0.1, 0.15) is 9.88 Å². The minimum absolute atomic E-state index is 0.0351. The number of carboxylic acid groups (broad SMARTS) is 1. The molecule has 6 nitrogen and oxygen atoms in total. The van der Waals surface area contributed by atoms with Crippen LogP contribution in [0.5, 0.6) is 0 Å². The van der Waals surface area contributed by atoms with Gasteiger partial charge in [-0.2, -0.15) is 0 Å². The Morgan fingerprint density at radius 1 is 1.28 bits per heavy atom. The smallest absolute Gasteiger partial charge is 0.308 e. The summed E-state index contributed by atoms with van der Waals surface area (Å²) in [7, 11) is 0. The van der Waals surface area contributed by atoms with Crippen LogP contribution in [-0.4, -0.2) is 41.7 Å². The van der Waals surface area contributed by atoms with E-state index in [9.17, 15) is 14.7 Å². The van der Waals surface area contributed by atoms with Gasteiger partial charge in [-0.3, -0.25) is 9.59 Å². The maximum atomic E-state index is 12.3. The van der Waals surface area contributed by atoms with Crippen molar-refractivity contribution >= 4 is 23.2 Å². The van der Waals surface area contributed by atoms with E-state index in [1.54, 1.807) is 0 Å². The van der Waals surface area contributed by atoms with Crippen molar-refractivity contribution in [1.82, 2.24) is 10.3 Å². The summed E-state index contributed by atoms with van der Waals surface area (Å²) in [6, 6.07) is 9.63. The van der Waals surface area contributed by atoms with E-state index in [1.807, 2.05) is 30.3 Å². The molecule has 0 saturated carbocycles. The number of hydrogen-bond donors (Lipinski definition) is 2. The zero-order chi connectivity index (χ0) is 17.6. The first kappa shape index (κ1) is 17.6. The molecule has 25 heavy (non-hydrogen) atoms. The molecule has 2 aromatic rings. The molecule has 1 unspecified atom stereocenters. The SMILES string of the molecule is O=C(NCC(C(=O)O)C1CCOCC1)c1cnc(-c2ccccc2)s1. The molecule has 132 valence electrons. The van der Waals surface area contributed by atoms with Crippen molar-refractivity contribution in [2.75, 3.05) is 19.8 Å². The van der Waals surface area contributed by atoms with Gasteiger partial charge in [0.15, 0.2) is 0 Å². The minimum Gasteiger partial charge on any atom is -0.481 e. The Bertz CT molecular complexity index is 726. The molecule has 7 heteroatoms. The third-order valence-electron chi connectivity index (χ3n) is 4.38. The fourth-order valence-electron chi connectivity index (χ4n) is 2.96. The maximum absolute atomic E-state index is 12.3. The average molecular weight is 360 g/mol. The normalized spacial score (nSPS) is 16.3. The summed E-state index contributed by atoms with van der Waals surface area (Å²) in [4.78, 5) is 28.6. The first-order valence-corrected chi connectivity index (χ1v) is 9.07. The van der Waals surface area contributed by atoms with Gasteiger partial charge in [0.05, 0.1) is 12.1 Å². The summed E-state index contributed by atoms with van der Waals surface area (Å²) in [5, 5.41) is 13.0. The third kappa shape index (κ3) is 4.43. The summed E-state index contributed by atoms with van der Waals surface area (Å²) in [5.41, 5.74) is 0.956. The molecular weight excluding hydrogens is 340 g/mol. The van der Waals surface area contributed by atoms with Crippen LogP contribution in [0.2, 0.25) is 0 Å². The number of aromatic nitrogens is 1. The quantitative estimate of drug-likeness (QED) is 0.827. The van der Waals surface area contributed by atoms with Crippen molar-refractivity contribution in [3.05, 3.63) is 41.4 Å². The highest BCUT2D eigenvalue weighted by atomic mass is 32.1. The lowest BCUT2D eigenvalue weighted by atomic mass is 9.86. The highest BCUT2D eigenvalue weighted by molar-refractivity contribution is 7.16. The predicted molar refractivity (Wildman–Crippen MR) is 94.6 cm³/mol. The van der Waals surface area contributed by atoms with Gasteiger partial charge < -0.3 is 15.2 Å². The molecule has 2 heterocycles. The number of amides is 1. The Morgan fingerprint density at radius 2 is 2.00 bits per heavy atom. The zero-order valence-electron chi connectivity index (χ0n) is 13.7. The minimum atomic E-state index is -0.874. The molecule has 0 radical (unpaired) electrons. The van der Waals surface area contributed by atoms with Crippen LogP contribution in [0.25, 0.3) is 10.6 Å². The number of thiazole rings is 1. The number of carbonyl (C=O) groups is 2. The van der Waals surface area contributed by atoms with Gasteiger partial charge in [0, 0.05) is 25.3 Å². The molecule has 1 fully saturated rings. The topological polar surface area (TPSA) is 88.5 Å². The van der Waals surface area contributed by atoms with Crippen LogP contribution in [0.15, 0.2) is 36.5 Å². The average Bonchev–Trinajstić information content (AvgIpc) is 3.13. The Kier molecular flexibility index (Phi) is 5.78. The fourth-order valence-corrected chi connectivity index (χ4v) is 3.79. The Balaban J connectivity index is 1.61. The number of carboxylic acids is 1. The van der Waals surface area contributed by atoms with Gasteiger partial charge in [-0.15, -0.1) is 11.3 Å². The number of carbonyl (C=O) groups excluding carboxylic acids is 1. The molecule has 0 spiro atoms. The van der Waals surface area contributed by atoms with Crippen molar-refractivity contribution in [1.29, 1.82) is 0 Å². The van der Waals surface area contributed by atoms with Crippen molar-refractivity contribution in [2.24, 2.45) is 11.8 Å². The van der Waals surface area contributed by atoms with E-state index in [1.165, 1.54) is 17.5 Å². The molecule has 1 aromatic carbocycles. The van der Waals surface area contributed by atoms with Gasteiger partial charge in [-0.05, 0) is 18.8 Å². The van der Waals surface area contributed by atoms with E-state index < -0.39 is 11.9 Å². The number of ether oxygens (including phenoxy) is 1. The third-order valence-corrected chi connectivity index (χ3v) is 5.43. The second-order valence-corrected chi connectivity index (χ2v) is 7.03. The Morgan fingerprint density at radius 3 is 2.68 bits per heavy atom. The Hall–Kier alpha value is -2.25. The number of nitrogens with one attached hydrogen (secondary N) is 1. The molecular formula is C18H20N2O4S. The number of rotatable bonds is 6. The van der Waals surface area contributed by atoms with Crippen molar-refractivity contribution in [3.63, 3.8) is 0 Å². The number of aliphatic carboxylic acids is 1. The van der Waals surface area contributed by atoms with Crippen LogP contribution in [0.3, 0.4) is 0 Å².